The van der Waals surface area contributed by atoms with Crippen molar-refractivity contribution in [1.29, 1.82) is 0 Å². The van der Waals surface area contributed by atoms with Gasteiger partial charge in [0.15, 0.2) is 0 Å². The lowest BCUT2D eigenvalue weighted by Crippen LogP contribution is -2.27. The summed E-state index contributed by atoms with van der Waals surface area (Å²) in [6.07, 6.45) is 8.55. The van der Waals surface area contributed by atoms with Gasteiger partial charge < -0.3 is 4.42 Å². The van der Waals surface area contributed by atoms with Crippen LogP contribution in [0.15, 0.2) is 28.7 Å². The Kier molecular flexibility index (Phi) is 4.65. The molecular formula is C17H21NO. The Morgan fingerprint density at radius 2 is 2.11 bits per heavy atom. The molecule has 2 nitrogen and oxygen atoms in total. The summed E-state index contributed by atoms with van der Waals surface area (Å²) in [6.45, 7) is 5.04. The molecule has 1 aromatic heterocycles. The number of hydrogen-bond donors (Lipinski definition) is 1. The van der Waals surface area contributed by atoms with Crippen LogP contribution in [0.2, 0.25) is 0 Å². The van der Waals surface area contributed by atoms with Gasteiger partial charge in [-0.3, -0.25) is 5.32 Å². The molecule has 1 unspecified atom stereocenters. The van der Waals surface area contributed by atoms with Gasteiger partial charge in [0.25, 0.3) is 0 Å². The van der Waals surface area contributed by atoms with E-state index in [2.05, 4.69) is 31.2 Å². The smallest absolute Gasteiger partial charge is 0.134 e. The summed E-state index contributed by atoms with van der Waals surface area (Å²) >= 11 is 0. The van der Waals surface area contributed by atoms with Crippen molar-refractivity contribution in [3.63, 3.8) is 0 Å². The van der Waals surface area contributed by atoms with E-state index >= 15 is 0 Å². The van der Waals surface area contributed by atoms with Crippen molar-refractivity contribution in [3.05, 3.63) is 35.6 Å². The third-order valence-electron chi connectivity index (χ3n) is 3.41. The Morgan fingerprint density at radius 3 is 2.79 bits per heavy atom. The molecule has 100 valence electrons. The average molecular weight is 255 g/mol. The number of hydrogen-bond acceptors (Lipinski definition) is 2. The molecule has 0 saturated heterocycles. The summed E-state index contributed by atoms with van der Waals surface area (Å²) in [6, 6.07) is 8.32. The predicted molar refractivity (Wildman–Crippen MR) is 80.0 cm³/mol. The van der Waals surface area contributed by atoms with Crippen LogP contribution in [-0.2, 0) is 13.0 Å². The van der Waals surface area contributed by atoms with Crippen LogP contribution in [0.5, 0.6) is 0 Å². The molecule has 0 radical (unpaired) electrons. The van der Waals surface area contributed by atoms with Gasteiger partial charge in [-0.05, 0) is 12.5 Å². The van der Waals surface area contributed by atoms with Crippen molar-refractivity contribution in [1.82, 2.24) is 5.32 Å². The second-order valence-electron chi connectivity index (χ2n) is 4.74. The van der Waals surface area contributed by atoms with Gasteiger partial charge in [-0.15, -0.1) is 6.42 Å². The first-order valence-electron chi connectivity index (χ1n) is 6.98. The number of aryl methyl sites for hydroxylation is 1. The number of rotatable bonds is 6. The molecule has 1 heterocycles. The Hall–Kier alpha value is -1.72. The molecule has 0 aliphatic rings. The number of benzene rings is 1. The first-order valence-corrected chi connectivity index (χ1v) is 6.98. The molecule has 1 atom stereocenters. The maximum absolute atomic E-state index is 5.88. The van der Waals surface area contributed by atoms with E-state index in [4.69, 9.17) is 10.8 Å². The average Bonchev–Trinajstić information content (AvgIpc) is 2.81. The minimum Gasteiger partial charge on any atom is -0.461 e. The Labute approximate surface area is 115 Å². The standard InChI is InChI=1S/C17H21NO/c1-4-9-13(5-2)18-12-15-14-10-7-8-11-17(14)19-16(15)6-3/h2,7-8,10-11,13,18H,4,6,9,12H2,1,3H3. The molecule has 0 spiro atoms. The van der Waals surface area contributed by atoms with E-state index in [-0.39, 0.29) is 6.04 Å². The van der Waals surface area contributed by atoms with Crippen LogP contribution >= 0.6 is 0 Å². The minimum atomic E-state index is 0.142. The highest BCUT2D eigenvalue weighted by atomic mass is 16.3. The molecule has 2 aromatic rings. The number of furan rings is 1. The monoisotopic (exact) mass is 255 g/mol. The molecule has 0 saturated carbocycles. The quantitative estimate of drug-likeness (QED) is 0.792. The van der Waals surface area contributed by atoms with Crippen molar-refractivity contribution in [2.75, 3.05) is 0 Å². The fraction of sp³-hybridized carbons (Fsp3) is 0.412. The lowest BCUT2D eigenvalue weighted by atomic mass is 10.1. The number of nitrogens with one attached hydrogen (secondary N) is 1. The molecule has 0 aliphatic carbocycles. The first-order chi connectivity index (χ1) is 9.30. The summed E-state index contributed by atoms with van der Waals surface area (Å²) in [5, 5.41) is 4.64. The van der Waals surface area contributed by atoms with Gasteiger partial charge >= 0.3 is 0 Å². The molecular weight excluding hydrogens is 234 g/mol. The van der Waals surface area contributed by atoms with Crippen molar-refractivity contribution in [2.24, 2.45) is 0 Å². The molecule has 0 amide bonds. The molecule has 0 fully saturated rings. The minimum absolute atomic E-state index is 0.142. The van der Waals surface area contributed by atoms with Gasteiger partial charge in [0.2, 0.25) is 0 Å². The molecule has 0 aliphatic heterocycles. The highest BCUT2D eigenvalue weighted by Crippen LogP contribution is 2.26. The third kappa shape index (κ3) is 3.00. The highest BCUT2D eigenvalue weighted by molar-refractivity contribution is 5.82. The van der Waals surface area contributed by atoms with E-state index in [0.717, 1.165) is 37.2 Å². The van der Waals surface area contributed by atoms with Crippen LogP contribution in [-0.4, -0.2) is 6.04 Å². The molecule has 1 N–H and O–H groups in total. The van der Waals surface area contributed by atoms with E-state index in [1.165, 1.54) is 10.9 Å². The van der Waals surface area contributed by atoms with Gasteiger partial charge in [0.1, 0.15) is 11.3 Å². The fourth-order valence-corrected chi connectivity index (χ4v) is 2.39. The predicted octanol–water partition coefficient (Wildman–Crippen LogP) is 3.89. The Morgan fingerprint density at radius 1 is 1.32 bits per heavy atom. The molecule has 2 rings (SSSR count). The van der Waals surface area contributed by atoms with Crippen LogP contribution in [0.3, 0.4) is 0 Å². The number of para-hydroxylation sites is 1. The SMILES string of the molecule is C#CC(CCC)NCc1c(CC)oc2ccccc12. The van der Waals surface area contributed by atoms with Gasteiger partial charge in [-0.2, -0.15) is 0 Å². The zero-order valence-corrected chi connectivity index (χ0v) is 11.7. The second-order valence-corrected chi connectivity index (χ2v) is 4.74. The normalized spacial score (nSPS) is 12.5. The Bertz CT molecular complexity index is 576. The van der Waals surface area contributed by atoms with Crippen LogP contribution in [0.1, 0.15) is 38.0 Å². The van der Waals surface area contributed by atoms with E-state index in [1.807, 2.05) is 18.2 Å². The van der Waals surface area contributed by atoms with Gasteiger partial charge in [0, 0.05) is 23.9 Å². The fourth-order valence-electron chi connectivity index (χ4n) is 2.39. The van der Waals surface area contributed by atoms with E-state index in [1.54, 1.807) is 0 Å². The topological polar surface area (TPSA) is 25.2 Å². The number of terminal acetylenes is 1. The summed E-state index contributed by atoms with van der Waals surface area (Å²) in [4.78, 5) is 0. The lowest BCUT2D eigenvalue weighted by molar-refractivity contribution is 0.528. The van der Waals surface area contributed by atoms with E-state index in [0.29, 0.717) is 0 Å². The molecule has 2 heteroatoms. The summed E-state index contributed by atoms with van der Waals surface area (Å²) in [7, 11) is 0. The summed E-state index contributed by atoms with van der Waals surface area (Å²) in [5.41, 5.74) is 2.21. The van der Waals surface area contributed by atoms with Crippen molar-refractivity contribution >= 4 is 11.0 Å². The Balaban J connectivity index is 2.22. The largest absolute Gasteiger partial charge is 0.461 e. The third-order valence-corrected chi connectivity index (χ3v) is 3.41. The van der Waals surface area contributed by atoms with Crippen molar-refractivity contribution in [2.45, 2.75) is 45.7 Å². The number of fused-ring (bicyclic) bond motifs is 1. The molecule has 19 heavy (non-hydrogen) atoms. The van der Waals surface area contributed by atoms with E-state index in [9.17, 15) is 0 Å². The molecule has 0 bridgehead atoms. The van der Waals surface area contributed by atoms with Crippen LogP contribution in [0.4, 0.5) is 0 Å². The van der Waals surface area contributed by atoms with Crippen LogP contribution in [0, 0.1) is 12.3 Å². The summed E-state index contributed by atoms with van der Waals surface area (Å²) in [5.74, 6) is 3.87. The first kappa shape index (κ1) is 13.7. The zero-order valence-electron chi connectivity index (χ0n) is 11.7. The van der Waals surface area contributed by atoms with Gasteiger partial charge in [0.05, 0.1) is 6.04 Å². The van der Waals surface area contributed by atoms with Crippen LogP contribution < -0.4 is 5.32 Å². The summed E-state index contributed by atoms with van der Waals surface area (Å²) < 4.78 is 5.88. The van der Waals surface area contributed by atoms with Crippen LogP contribution in [0.25, 0.3) is 11.0 Å². The lowest BCUT2D eigenvalue weighted by Gasteiger charge is -2.11. The van der Waals surface area contributed by atoms with Gasteiger partial charge in [-0.25, -0.2) is 0 Å². The second kappa shape index (κ2) is 6.45. The molecule has 1 aromatic carbocycles. The maximum atomic E-state index is 5.88. The van der Waals surface area contributed by atoms with Crippen molar-refractivity contribution < 1.29 is 4.42 Å². The van der Waals surface area contributed by atoms with Gasteiger partial charge in [-0.1, -0.05) is 44.4 Å². The maximum Gasteiger partial charge on any atom is 0.134 e. The van der Waals surface area contributed by atoms with Crippen molar-refractivity contribution in [3.8, 4) is 12.3 Å². The highest BCUT2D eigenvalue weighted by Gasteiger charge is 2.13. The zero-order chi connectivity index (χ0) is 13.7. The van der Waals surface area contributed by atoms with E-state index < -0.39 is 0 Å².